The fourth-order valence-corrected chi connectivity index (χ4v) is 3.53. The monoisotopic (exact) mass is 406 g/mol. The zero-order chi connectivity index (χ0) is 21.6. The summed E-state index contributed by atoms with van der Waals surface area (Å²) in [5.41, 5.74) is -0.607. The van der Waals surface area contributed by atoms with Gasteiger partial charge in [0.25, 0.3) is 6.29 Å². The van der Waals surface area contributed by atoms with Crippen molar-refractivity contribution in [1.29, 1.82) is 0 Å². The fraction of sp³-hybridized carbons (Fsp3) is 0.360. The summed E-state index contributed by atoms with van der Waals surface area (Å²) in [6.07, 6.45) is -0.169. The molecule has 0 aliphatic carbocycles. The van der Waals surface area contributed by atoms with E-state index in [1.54, 1.807) is 48.5 Å². The van der Waals surface area contributed by atoms with Gasteiger partial charge in [0, 0.05) is 12.3 Å². The predicted molar refractivity (Wildman–Crippen MR) is 113 cm³/mol. The third kappa shape index (κ3) is 4.39. The molecule has 0 saturated carbocycles. The summed E-state index contributed by atoms with van der Waals surface area (Å²) in [6.45, 7) is 5.79. The smallest absolute Gasteiger partial charge is 0.340 e. The van der Waals surface area contributed by atoms with E-state index in [1.165, 1.54) is 0 Å². The van der Waals surface area contributed by atoms with Gasteiger partial charge in [-0.2, -0.15) is 0 Å². The van der Waals surface area contributed by atoms with Gasteiger partial charge in [-0.05, 0) is 36.6 Å². The highest BCUT2D eigenvalue weighted by atomic mass is 16.7. The molecular weight excluding hydrogens is 380 g/mol. The number of esters is 2. The Morgan fingerprint density at radius 1 is 0.967 bits per heavy atom. The minimum atomic E-state index is -1.39. The summed E-state index contributed by atoms with van der Waals surface area (Å²) < 4.78 is 17.7. The molecule has 156 valence electrons. The lowest BCUT2D eigenvalue weighted by Gasteiger charge is -2.31. The summed E-state index contributed by atoms with van der Waals surface area (Å²) >= 11 is 0. The minimum Gasteiger partial charge on any atom is -0.435 e. The van der Waals surface area contributed by atoms with Crippen LogP contribution >= 0.6 is 0 Å². The van der Waals surface area contributed by atoms with E-state index < -0.39 is 23.8 Å². The SMILES string of the molecule is CCC#C[C@]1(OC(=O)c2ccccc2)[C@@H](OC(=O)c2ccccc2)O[C@H](CC)[C@H]1C. The van der Waals surface area contributed by atoms with Gasteiger partial charge in [-0.1, -0.05) is 63.1 Å². The van der Waals surface area contributed by atoms with Gasteiger partial charge in [0.15, 0.2) is 0 Å². The van der Waals surface area contributed by atoms with Crippen LogP contribution in [0.4, 0.5) is 0 Å². The third-order valence-corrected chi connectivity index (χ3v) is 5.24. The van der Waals surface area contributed by atoms with Crippen LogP contribution in [0.3, 0.4) is 0 Å². The molecule has 1 aliphatic rings. The number of hydrogen-bond acceptors (Lipinski definition) is 5. The zero-order valence-electron chi connectivity index (χ0n) is 17.5. The van der Waals surface area contributed by atoms with Crippen LogP contribution in [0.15, 0.2) is 60.7 Å². The van der Waals surface area contributed by atoms with E-state index in [-0.39, 0.29) is 12.0 Å². The number of ether oxygens (including phenoxy) is 3. The molecule has 1 saturated heterocycles. The van der Waals surface area contributed by atoms with Gasteiger partial charge in [-0.15, -0.1) is 0 Å². The quantitative estimate of drug-likeness (QED) is 0.535. The Morgan fingerprint density at radius 3 is 2.07 bits per heavy atom. The van der Waals surface area contributed by atoms with Crippen molar-refractivity contribution < 1.29 is 23.8 Å². The van der Waals surface area contributed by atoms with Crippen LogP contribution in [0.25, 0.3) is 0 Å². The average molecular weight is 406 g/mol. The molecule has 0 unspecified atom stereocenters. The van der Waals surface area contributed by atoms with Gasteiger partial charge in [-0.25, -0.2) is 9.59 Å². The second-order valence-corrected chi connectivity index (χ2v) is 7.18. The lowest BCUT2D eigenvalue weighted by molar-refractivity contribution is -0.156. The van der Waals surface area contributed by atoms with E-state index >= 15 is 0 Å². The third-order valence-electron chi connectivity index (χ3n) is 5.24. The van der Waals surface area contributed by atoms with Crippen molar-refractivity contribution in [2.45, 2.75) is 51.6 Å². The topological polar surface area (TPSA) is 61.8 Å². The van der Waals surface area contributed by atoms with E-state index in [0.717, 1.165) is 0 Å². The van der Waals surface area contributed by atoms with Crippen molar-refractivity contribution in [3.63, 3.8) is 0 Å². The summed E-state index contributed by atoms with van der Waals surface area (Å²) in [7, 11) is 0. The Morgan fingerprint density at radius 2 is 1.53 bits per heavy atom. The van der Waals surface area contributed by atoms with Gasteiger partial charge in [0.2, 0.25) is 5.60 Å². The number of carbonyl (C=O) groups is 2. The molecule has 0 spiro atoms. The number of benzene rings is 2. The maximum absolute atomic E-state index is 12.9. The first-order valence-corrected chi connectivity index (χ1v) is 10.2. The maximum atomic E-state index is 12.9. The molecule has 0 radical (unpaired) electrons. The van der Waals surface area contributed by atoms with Crippen LogP contribution < -0.4 is 0 Å². The first-order valence-electron chi connectivity index (χ1n) is 10.2. The van der Waals surface area contributed by atoms with Crippen molar-refractivity contribution in [2.24, 2.45) is 5.92 Å². The second-order valence-electron chi connectivity index (χ2n) is 7.18. The number of carbonyl (C=O) groups excluding carboxylic acids is 2. The second kappa shape index (κ2) is 9.60. The van der Waals surface area contributed by atoms with E-state index in [4.69, 9.17) is 14.2 Å². The fourth-order valence-electron chi connectivity index (χ4n) is 3.53. The van der Waals surface area contributed by atoms with Crippen LogP contribution in [0, 0.1) is 17.8 Å². The van der Waals surface area contributed by atoms with Crippen LogP contribution in [-0.2, 0) is 14.2 Å². The molecular formula is C25H26O5. The molecule has 2 aromatic carbocycles. The number of hydrogen-bond donors (Lipinski definition) is 0. The molecule has 2 aromatic rings. The Balaban J connectivity index is 1.96. The standard InChI is InChI=1S/C25H26O5/c1-4-6-17-25(30-23(27)20-15-11-8-12-16-20)18(3)21(5-2)28-24(25)29-22(26)19-13-9-7-10-14-19/h7-16,18,21,24H,4-5H2,1-3H3/t18-,21-,24-,25-/m1/s1. The predicted octanol–water partition coefficient (Wildman–Crippen LogP) is 4.62. The summed E-state index contributed by atoms with van der Waals surface area (Å²) in [5.74, 6) is 4.70. The van der Waals surface area contributed by atoms with Gasteiger partial charge >= 0.3 is 11.9 Å². The Bertz CT molecular complexity index is 928. The Kier molecular flexibility index (Phi) is 6.91. The molecule has 30 heavy (non-hydrogen) atoms. The summed E-state index contributed by atoms with van der Waals surface area (Å²) in [6, 6.07) is 17.3. The van der Waals surface area contributed by atoms with Crippen molar-refractivity contribution in [3.8, 4) is 11.8 Å². The lowest BCUT2D eigenvalue weighted by atomic mass is 9.86. The molecule has 3 rings (SSSR count). The minimum absolute atomic E-state index is 0.270. The van der Waals surface area contributed by atoms with Gasteiger partial charge in [0.1, 0.15) is 0 Å². The van der Waals surface area contributed by atoms with Crippen molar-refractivity contribution in [1.82, 2.24) is 0 Å². The van der Waals surface area contributed by atoms with E-state index in [1.807, 2.05) is 32.9 Å². The average Bonchev–Trinajstić information content (AvgIpc) is 3.04. The highest BCUT2D eigenvalue weighted by molar-refractivity contribution is 5.90. The maximum Gasteiger partial charge on any atom is 0.340 e. The molecule has 0 bridgehead atoms. The van der Waals surface area contributed by atoms with E-state index in [9.17, 15) is 9.59 Å². The van der Waals surface area contributed by atoms with Crippen LogP contribution in [-0.4, -0.2) is 29.9 Å². The normalized spacial score (nSPS) is 25.1. The molecule has 1 fully saturated rings. The van der Waals surface area contributed by atoms with Crippen molar-refractivity contribution in [2.75, 3.05) is 0 Å². The number of rotatable bonds is 5. The molecule has 1 heterocycles. The van der Waals surface area contributed by atoms with E-state index in [2.05, 4.69) is 11.8 Å². The van der Waals surface area contributed by atoms with Crippen molar-refractivity contribution >= 4 is 11.9 Å². The molecule has 0 amide bonds. The van der Waals surface area contributed by atoms with Gasteiger partial charge < -0.3 is 14.2 Å². The van der Waals surface area contributed by atoms with Crippen LogP contribution in [0.1, 0.15) is 54.3 Å². The van der Waals surface area contributed by atoms with E-state index in [0.29, 0.717) is 24.0 Å². The first-order chi connectivity index (χ1) is 14.5. The molecule has 5 heteroatoms. The Labute approximate surface area is 177 Å². The van der Waals surface area contributed by atoms with Gasteiger partial charge in [0.05, 0.1) is 17.2 Å². The van der Waals surface area contributed by atoms with Crippen molar-refractivity contribution in [3.05, 3.63) is 71.8 Å². The molecule has 4 atom stereocenters. The highest BCUT2D eigenvalue weighted by Gasteiger charge is 2.58. The highest BCUT2D eigenvalue weighted by Crippen LogP contribution is 2.42. The first kappa shape index (κ1) is 21.6. The molecule has 0 N–H and O–H groups in total. The Hall–Kier alpha value is -3.10. The molecule has 1 aliphatic heterocycles. The lowest BCUT2D eigenvalue weighted by Crippen LogP contribution is -2.48. The zero-order valence-corrected chi connectivity index (χ0v) is 17.5. The molecule has 0 aromatic heterocycles. The van der Waals surface area contributed by atoms with Crippen LogP contribution in [0.2, 0.25) is 0 Å². The summed E-state index contributed by atoms with van der Waals surface area (Å²) in [5, 5.41) is 0. The van der Waals surface area contributed by atoms with Gasteiger partial charge in [-0.3, -0.25) is 0 Å². The summed E-state index contributed by atoms with van der Waals surface area (Å²) in [4.78, 5) is 25.7. The molecule has 5 nitrogen and oxygen atoms in total. The van der Waals surface area contributed by atoms with Crippen LogP contribution in [0.5, 0.6) is 0 Å². The largest absolute Gasteiger partial charge is 0.435 e.